The molecule has 11 heavy (non-hydrogen) atoms. The molecule has 0 unspecified atom stereocenters. The summed E-state index contributed by atoms with van der Waals surface area (Å²) in [6.07, 6.45) is 0. The van der Waals surface area contributed by atoms with Gasteiger partial charge in [0, 0.05) is 6.54 Å². The molecule has 0 aliphatic carbocycles. The van der Waals surface area contributed by atoms with Crippen LogP contribution in [-0.4, -0.2) is 16.7 Å². The Morgan fingerprint density at radius 3 is 2.73 bits per heavy atom. The highest BCUT2D eigenvalue weighted by Crippen LogP contribution is 2.15. The number of nitrogens with zero attached hydrogens (tertiary/aromatic N) is 2. The zero-order valence-electron chi connectivity index (χ0n) is 7.09. The molecule has 0 atom stereocenters. The van der Waals surface area contributed by atoms with Crippen LogP contribution in [0.1, 0.15) is 20.8 Å². The summed E-state index contributed by atoms with van der Waals surface area (Å²) in [5, 5.41) is 11.7. The molecular formula is C7H13N3S. The average Bonchev–Trinajstić information content (AvgIpc) is 2.32. The summed E-state index contributed by atoms with van der Waals surface area (Å²) in [5.74, 6) is 0. The van der Waals surface area contributed by atoms with Crippen LogP contribution in [0.3, 0.4) is 0 Å². The van der Waals surface area contributed by atoms with Gasteiger partial charge in [0.05, 0.1) is 0 Å². The number of rotatable bonds is 2. The molecule has 62 valence electrons. The highest BCUT2D eigenvalue weighted by Gasteiger charge is 2.09. The van der Waals surface area contributed by atoms with Crippen LogP contribution in [0.15, 0.2) is 5.51 Å². The first-order valence-electron chi connectivity index (χ1n) is 3.58. The lowest BCUT2D eigenvalue weighted by molar-refractivity contribution is 0.443. The van der Waals surface area contributed by atoms with Crippen LogP contribution >= 0.6 is 11.3 Å². The molecule has 4 heteroatoms. The number of hydrogen-bond acceptors (Lipinski definition) is 4. The van der Waals surface area contributed by atoms with E-state index in [0.717, 1.165) is 11.7 Å². The second-order valence-corrected chi connectivity index (χ2v) is 4.49. The van der Waals surface area contributed by atoms with Crippen LogP contribution in [0.25, 0.3) is 0 Å². The molecule has 1 aromatic rings. The Hall–Kier alpha value is -0.640. The van der Waals surface area contributed by atoms with E-state index in [2.05, 4.69) is 36.3 Å². The molecule has 1 heterocycles. The van der Waals surface area contributed by atoms with E-state index in [1.807, 2.05) is 0 Å². The zero-order chi connectivity index (χ0) is 8.32. The predicted octanol–water partition coefficient (Wildman–Crippen LogP) is 2.00. The highest BCUT2D eigenvalue weighted by atomic mass is 32.1. The summed E-state index contributed by atoms with van der Waals surface area (Å²) in [6.45, 7) is 7.48. The van der Waals surface area contributed by atoms with Gasteiger partial charge in [-0.05, 0) is 5.41 Å². The van der Waals surface area contributed by atoms with Gasteiger partial charge in [-0.2, -0.15) is 0 Å². The van der Waals surface area contributed by atoms with Gasteiger partial charge in [-0.25, -0.2) is 0 Å². The maximum atomic E-state index is 3.88. The van der Waals surface area contributed by atoms with Gasteiger partial charge < -0.3 is 5.32 Å². The van der Waals surface area contributed by atoms with Crippen molar-refractivity contribution >= 4 is 16.5 Å². The van der Waals surface area contributed by atoms with E-state index >= 15 is 0 Å². The molecule has 0 bridgehead atoms. The lowest BCUT2D eigenvalue weighted by Crippen LogP contribution is -2.18. The SMILES string of the molecule is CC(C)(C)CNc1nncs1. The van der Waals surface area contributed by atoms with Crippen molar-refractivity contribution in [1.82, 2.24) is 10.2 Å². The minimum absolute atomic E-state index is 0.297. The van der Waals surface area contributed by atoms with E-state index in [1.54, 1.807) is 5.51 Å². The second-order valence-electron chi connectivity index (χ2n) is 3.66. The summed E-state index contributed by atoms with van der Waals surface area (Å²) in [6, 6.07) is 0. The van der Waals surface area contributed by atoms with Gasteiger partial charge >= 0.3 is 0 Å². The fraction of sp³-hybridized carbons (Fsp3) is 0.714. The van der Waals surface area contributed by atoms with Crippen LogP contribution in [-0.2, 0) is 0 Å². The standard InChI is InChI=1S/C7H13N3S/c1-7(2,3)4-8-6-10-9-5-11-6/h5H,4H2,1-3H3,(H,8,10). The van der Waals surface area contributed by atoms with Crippen LogP contribution in [0.2, 0.25) is 0 Å². The fourth-order valence-electron chi connectivity index (χ4n) is 0.591. The van der Waals surface area contributed by atoms with E-state index < -0.39 is 0 Å². The fourth-order valence-corrected chi connectivity index (χ4v) is 1.03. The van der Waals surface area contributed by atoms with Crippen molar-refractivity contribution in [2.75, 3.05) is 11.9 Å². The lowest BCUT2D eigenvalue weighted by atomic mass is 9.97. The molecule has 0 aliphatic heterocycles. The third-order valence-corrected chi connectivity index (χ3v) is 1.78. The van der Waals surface area contributed by atoms with E-state index in [1.165, 1.54) is 11.3 Å². The molecule has 0 saturated heterocycles. The summed E-state index contributed by atoms with van der Waals surface area (Å²) >= 11 is 1.53. The molecule has 0 saturated carbocycles. The largest absolute Gasteiger partial charge is 0.360 e. The van der Waals surface area contributed by atoms with E-state index in [-0.39, 0.29) is 0 Å². The lowest BCUT2D eigenvalue weighted by Gasteiger charge is -2.17. The summed E-state index contributed by atoms with van der Waals surface area (Å²) in [4.78, 5) is 0. The maximum absolute atomic E-state index is 3.88. The molecular weight excluding hydrogens is 158 g/mol. The summed E-state index contributed by atoms with van der Waals surface area (Å²) in [7, 11) is 0. The number of anilines is 1. The maximum Gasteiger partial charge on any atom is 0.205 e. The Morgan fingerprint density at radius 2 is 2.27 bits per heavy atom. The van der Waals surface area contributed by atoms with Crippen molar-refractivity contribution in [1.29, 1.82) is 0 Å². The van der Waals surface area contributed by atoms with E-state index in [0.29, 0.717) is 5.41 Å². The summed E-state index contributed by atoms with van der Waals surface area (Å²) in [5.41, 5.74) is 2.02. The Labute approximate surface area is 70.9 Å². The van der Waals surface area contributed by atoms with Gasteiger partial charge in [0.25, 0.3) is 0 Å². The molecule has 1 N–H and O–H groups in total. The molecule has 1 aromatic heterocycles. The Morgan fingerprint density at radius 1 is 1.55 bits per heavy atom. The van der Waals surface area contributed by atoms with Crippen LogP contribution in [0.5, 0.6) is 0 Å². The normalized spacial score (nSPS) is 11.5. The van der Waals surface area contributed by atoms with Crippen molar-refractivity contribution in [2.24, 2.45) is 5.41 Å². The number of aromatic nitrogens is 2. The third kappa shape index (κ3) is 3.32. The highest BCUT2D eigenvalue weighted by molar-refractivity contribution is 7.13. The van der Waals surface area contributed by atoms with E-state index in [4.69, 9.17) is 0 Å². The molecule has 0 aromatic carbocycles. The molecule has 0 spiro atoms. The Balaban J connectivity index is 2.35. The van der Waals surface area contributed by atoms with E-state index in [9.17, 15) is 0 Å². The smallest absolute Gasteiger partial charge is 0.205 e. The van der Waals surface area contributed by atoms with Gasteiger partial charge in [0.1, 0.15) is 5.51 Å². The Bertz CT molecular complexity index is 200. The average molecular weight is 171 g/mol. The number of hydrogen-bond donors (Lipinski definition) is 1. The van der Waals surface area contributed by atoms with Gasteiger partial charge in [0.15, 0.2) is 0 Å². The van der Waals surface area contributed by atoms with Gasteiger partial charge in [-0.3, -0.25) is 0 Å². The molecule has 1 rings (SSSR count). The van der Waals surface area contributed by atoms with Crippen molar-refractivity contribution in [3.05, 3.63) is 5.51 Å². The predicted molar refractivity (Wildman–Crippen MR) is 47.9 cm³/mol. The Kier molecular flexibility index (Phi) is 2.44. The van der Waals surface area contributed by atoms with Crippen molar-refractivity contribution in [2.45, 2.75) is 20.8 Å². The first-order chi connectivity index (χ1) is 5.08. The topological polar surface area (TPSA) is 37.8 Å². The van der Waals surface area contributed by atoms with Crippen LogP contribution in [0, 0.1) is 5.41 Å². The minimum Gasteiger partial charge on any atom is -0.360 e. The third-order valence-electron chi connectivity index (χ3n) is 1.13. The van der Waals surface area contributed by atoms with Gasteiger partial charge in [-0.15, -0.1) is 10.2 Å². The van der Waals surface area contributed by atoms with Crippen LogP contribution in [0.4, 0.5) is 5.13 Å². The van der Waals surface area contributed by atoms with Crippen molar-refractivity contribution in [3.8, 4) is 0 Å². The van der Waals surface area contributed by atoms with Gasteiger partial charge in [-0.1, -0.05) is 32.1 Å². The van der Waals surface area contributed by atoms with Crippen molar-refractivity contribution in [3.63, 3.8) is 0 Å². The first kappa shape index (κ1) is 8.46. The van der Waals surface area contributed by atoms with Gasteiger partial charge in [0.2, 0.25) is 5.13 Å². The minimum atomic E-state index is 0.297. The molecule has 0 radical (unpaired) electrons. The molecule has 0 fully saturated rings. The first-order valence-corrected chi connectivity index (χ1v) is 4.46. The molecule has 3 nitrogen and oxygen atoms in total. The second kappa shape index (κ2) is 3.17. The monoisotopic (exact) mass is 171 g/mol. The van der Waals surface area contributed by atoms with Crippen molar-refractivity contribution < 1.29 is 0 Å². The summed E-state index contributed by atoms with van der Waals surface area (Å²) < 4.78 is 0. The quantitative estimate of drug-likeness (QED) is 0.739. The zero-order valence-corrected chi connectivity index (χ0v) is 7.90. The molecule has 0 aliphatic rings. The molecule has 0 amide bonds. The number of nitrogens with one attached hydrogen (secondary N) is 1. The van der Waals surface area contributed by atoms with Crippen LogP contribution < -0.4 is 5.32 Å².